The van der Waals surface area contributed by atoms with Crippen molar-refractivity contribution in [1.82, 2.24) is 0 Å². The Morgan fingerprint density at radius 3 is 0.966 bits per heavy atom. The molecule has 4 atom stereocenters. The van der Waals surface area contributed by atoms with Gasteiger partial charge in [0.25, 0.3) is 0 Å². The monoisotopic (exact) mass is 814 g/mol. The van der Waals surface area contributed by atoms with Crippen molar-refractivity contribution in [3.63, 3.8) is 0 Å². The van der Waals surface area contributed by atoms with E-state index in [2.05, 4.69) is 45.9 Å². The number of rotatable bonds is 8. The highest BCUT2D eigenvalue weighted by molar-refractivity contribution is 5.63. The molecule has 0 spiro atoms. The number of hydrogen-bond acceptors (Lipinski definition) is 11. The van der Waals surface area contributed by atoms with Gasteiger partial charge in [-0.05, 0) is 49.9 Å². The molecule has 320 valence electrons. The number of aromatic hydroxyl groups is 2. The Balaban J connectivity index is 1.74. The minimum Gasteiger partial charge on any atom is -0.508 e. The second-order valence-electron chi connectivity index (χ2n) is 14.9. The molecule has 1 aliphatic carbocycles. The Kier molecular flexibility index (Phi) is 15.1. The van der Waals surface area contributed by atoms with E-state index in [1.807, 2.05) is 18.2 Å². The van der Waals surface area contributed by atoms with Gasteiger partial charge in [0.15, 0.2) is 0 Å². The fourth-order valence-corrected chi connectivity index (χ4v) is 8.94. The Morgan fingerprint density at radius 1 is 0.390 bits per heavy atom. The van der Waals surface area contributed by atoms with E-state index in [9.17, 15) is 10.2 Å². The van der Waals surface area contributed by atoms with E-state index >= 15 is 0 Å². The highest BCUT2D eigenvalue weighted by Crippen LogP contribution is 2.52. The summed E-state index contributed by atoms with van der Waals surface area (Å²) in [5, 5.41) is 23.6. The molecule has 59 heavy (non-hydrogen) atoms. The molecule has 6 rings (SSSR count). The van der Waals surface area contributed by atoms with Gasteiger partial charge in [-0.1, -0.05) is 27.7 Å². The second-order valence-corrected chi connectivity index (χ2v) is 14.9. The first-order chi connectivity index (χ1) is 28.8. The van der Waals surface area contributed by atoms with Gasteiger partial charge in [0.05, 0.1) is 68.1 Å². The van der Waals surface area contributed by atoms with Crippen LogP contribution < -0.4 is 28.4 Å². The van der Waals surface area contributed by atoms with Gasteiger partial charge in [-0.15, -0.1) is 0 Å². The van der Waals surface area contributed by atoms with Crippen molar-refractivity contribution in [2.45, 2.75) is 77.0 Å². The number of benzene rings is 4. The quantitative estimate of drug-likeness (QED) is 0.177. The molecule has 2 N–H and O–H groups in total. The van der Waals surface area contributed by atoms with Gasteiger partial charge in [0.2, 0.25) is 0 Å². The van der Waals surface area contributed by atoms with Gasteiger partial charge in [-0.2, -0.15) is 0 Å². The van der Waals surface area contributed by atoms with Gasteiger partial charge in [-0.25, -0.2) is 0 Å². The number of ether oxygens (including phenoxy) is 9. The first-order valence-corrected chi connectivity index (χ1v) is 21.0. The average molecular weight is 815 g/mol. The van der Waals surface area contributed by atoms with E-state index in [-0.39, 0.29) is 35.2 Å². The fraction of sp³-hybridized carbons (Fsp3) is 0.500. The number of hydrogen-bond donors (Lipinski definition) is 2. The van der Waals surface area contributed by atoms with Gasteiger partial charge in [0.1, 0.15) is 59.2 Å². The van der Waals surface area contributed by atoms with Crippen molar-refractivity contribution in [1.29, 1.82) is 0 Å². The highest BCUT2D eigenvalue weighted by Gasteiger charge is 2.33. The second kappa shape index (κ2) is 20.4. The van der Waals surface area contributed by atoms with E-state index < -0.39 is 0 Å². The van der Waals surface area contributed by atoms with Crippen LogP contribution in [0.2, 0.25) is 0 Å². The lowest BCUT2D eigenvalue weighted by Gasteiger charge is -2.30. The standard InChI is InChI=1S/C48H62O11/c1-9-29-34-22-36(44(52-6)26-42(34)50)31(11-3)40-24-38-32(12-4)39-23-37(30(10-2)33-21-35(29)43(51-5)25-41(33)49)45(53-7)27-47(39)58-19-17-56-15-13-55-14-16-57-18-20-59-48(40)28-46(38)54-8/h21-32,49-50H,9-20H2,1-8H3/t29-,30-,31+,32+/m1/s1. The van der Waals surface area contributed by atoms with Gasteiger partial charge in [0, 0.05) is 92.4 Å². The summed E-state index contributed by atoms with van der Waals surface area (Å²) >= 11 is 0. The van der Waals surface area contributed by atoms with E-state index in [1.54, 1.807) is 40.6 Å². The maximum absolute atomic E-state index is 11.8. The Bertz CT molecular complexity index is 2010. The summed E-state index contributed by atoms with van der Waals surface area (Å²) in [6.07, 6.45) is 2.69. The third kappa shape index (κ3) is 9.17. The molecule has 0 saturated carbocycles. The fourth-order valence-electron chi connectivity index (χ4n) is 8.94. The summed E-state index contributed by atoms with van der Waals surface area (Å²) in [6.45, 7) is 11.6. The molecule has 1 heterocycles. The maximum atomic E-state index is 11.8. The largest absolute Gasteiger partial charge is 0.508 e. The number of phenols is 2. The van der Waals surface area contributed by atoms with Crippen LogP contribution in [-0.4, -0.2) is 91.5 Å². The third-order valence-electron chi connectivity index (χ3n) is 11.8. The molecular formula is C48H62O11. The predicted molar refractivity (Wildman–Crippen MR) is 227 cm³/mol. The number of fused-ring (bicyclic) bond motifs is 9. The zero-order chi connectivity index (χ0) is 42.1. The lowest BCUT2D eigenvalue weighted by atomic mass is 9.77. The van der Waals surface area contributed by atoms with E-state index in [0.717, 1.165) is 44.5 Å². The predicted octanol–water partition coefficient (Wildman–Crippen LogP) is 9.43. The summed E-state index contributed by atoms with van der Waals surface area (Å²) in [6, 6.07) is 15.9. The van der Waals surface area contributed by atoms with Gasteiger partial charge >= 0.3 is 0 Å². The Labute approximate surface area is 349 Å². The summed E-state index contributed by atoms with van der Waals surface area (Å²) in [5.74, 6) is 2.98. The van der Waals surface area contributed by atoms with Gasteiger partial charge in [-0.3, -0.25) is 0 Å². The lowest BCUT2D eigenvalue weighted by molar-refractivity contribution is 0.00485. The Hall–Kier alpha value is -4.84. The molecule has 4 aromatic rings. The van der Waals surface area contributed by atoms with Crippen molar-refractivity contribution in [2.24, 2.45) is 0 Å². The van der Waals surface area contributed by atoms with Crippen LogP contribution in [-0.2, 0) is 14.2 Å². The van der Waals surface area contributed by atoms with Crippen LogP contribution in [0.25, 0.3) is 0 Å². The average Bonchev–Trinajstić information content (AvgIpc) is 3.25. The molecule has 4 aromatic carbocycles. The molecule has 0 aromatic heterocycles. The highest BCUT2D eigenvalue weighted by atomic mass is 16.6. The molecule has 0 saturated heterocycles. The molecule has 1 aliphatic heterocycles. The summed E-state index contributed by atoms with van der Waals surface area (Å²) in [5.41, 5.74) is 7.01. The zero-order valence-corrected chi connectivity index (χ0v) is 36.0. The Morgan fingerprint density at radius 2 is 0.661 bits per heavy atom. The topological polar surface area (TPSA) is 124 Å². The van der Waals surface area contributed by atoms with Crippen molar-refractivity contribution >= 4 is 0 Å². The van der Waals surface area contributed by atoms with Crippen molar-refractivity contribution in [3.8, 4) is 46.0 Å². The molecule has 2 aliphatic rings. The molecule has 11 heteroatoms. The minimum atomic E-state index is -0.299. The molecule has 0 amide bonds. The summed E-state index contributed by atoms with van der Waals surface area (Å²) < 4.78 is 55.1. The van der Waals surface area contributed by atoms with Gasteiger partial charge < -0.3 is 52.8 Å². The molecule has 0 radical (unpaired) electrons. The lowest BCUT2D eigenvalue weighted by Crippen LogP contribution is -2.17. The third-order valence-corrected chi connectivity index (χ3v) is 11.8. The van der Waals surface area contributed by atoms with Crippen LogP contribution in [0, 0.1) is 0 Å². The van der Waals surface area contributed by atoms with E-state index in [4.69, 9.17) is 42.6 Å². The summed E-state index contributed by atoms with van der Waals surface area (Å²) in [7, 11) is 6.59. The SMILES string of the molecule is CC[C@H]1c2cc(c(O)cc2OC)[C@@H](CC)c2cc(c(O)cc2OC)[C@@H](CC)c2cc3c(cc2OC)OCCOCCOCCOCCOc2cc(OC)c(cc21)[C@@H]3CC. The molecule has 11 nitrogen and oxygen atoms in total. The van der Waals surface area contributed by atoms with Crippen LogP contribution in [0.15, 0.2) is 48.5 Å². The van der Waals surface area contributed by atoms with Crippen molar-refractivity contribution in [3.05, 3.63) is 93.0 Å². The van der Waals surface area contributed by atoms with Crippen molar-refractivity contribution in [2.75, 3.05) is 81.3 Å². The molecule has 0 fully saturated rings. The molecular weight excluding hydrogens is 753 g/mol. The van der Waals surface area contributed by atoms with Crippen LogP contribution in [0.1, 0.15) is 122 Å². The van der Waals surface area contributed by atoms with Crippen molar-refractivity contribution < 1.29 is 52.8 Å². The van der Waals surface area contributed by atoms with Crippen LogP contribution in [0.3, 0.4) is 0 Å². The number of phenolic OH excluding ortho intramolecular Hbond substituents is 2. The summed E-state index contributed by atoms with van der Waals surface area (Å²) in [4.78, 5) is 0. The van der Waals surface area contributed by atoms with Crippen LogP contribution in [0.5, 0.6) is 46.0 Å². The molecule has 0 unspecified atom stereocenters. The molecule has 9 bridgehead atoms. The van der Waals surface area contributed by atoms with E-state index in [0.29, 0.717) is 113 Å². The zero-order valence-electron chi connectivity index (χ0n) is 36.0. The normalized spacial score (nSPS) is 20.1. The maximum Gasteiger partial charge on any atom is 0.126 e. The first-order valence-electron chi connectivity index (χ1n) is 21.0. The smallest absolute Gasteiger partial charge is 0.126 e. The first kappa shape index (κ1) is 43.7. The number of methoxy groups -OCH3 is 4. The van der Waals surface area contributed by atoms with E-state index in [1.165, 1.54) is 0 Å². The minimum absolute atomic E-state index is 0.114. The van der Waals surface area contributed by atoms with Crippen LogP contribution in [0.4, 0.5) is 0 Å². The van der Waals surface area contributed by atoms with Crippen LogP contribution >= 0.6 is 0 Å².